The monoisotopic (exact) mass is 265 g/mol. The van der Waals surface area contributed by atoms with Gasteiger partial charge < -0.3 is 11.1 Å². The Morgan fingerprint density at radius 2 is 1.95 bits per heavy atom. The maximum Gasteiger partial charge on any atom is 0.256 e. The average molecular weight is 265 g/mol. The molecule has 0 unspecified atom stereocenters. The van der Waals surface area contributed by atoms with Crippen molar-refractivity contribution in [3.05, 3.63) is 58.7 Å². The first-order chi connectivity index (χ1) is 9.52. The average Bonchev–Trinajstić information content (AvgIpc) is 2.41. The molecule has 0 aromatic heterocycles. The molecular formula is C16H15N3O. The van der Waals surface area contributed by atoms with Crippen LogP contribution in [0.2, 0.25) is 0 Å². The number of nitrogens with two attached hydrogens (primary N) is 1. The number of aryl methyl sites for hydroxylation is 2. The van der Waals surface area contributed by atoms with Crippen LogP contribution < -0.4 is 11.1 Å². The summed E-state index contributed by atoms with van der Waals surface area (Å²) >= 11 is 0. The number of carbonyl (C=O) groups excluding carboxylic acids is 1. The van der Waals surface area contributed by atoms with Gasteiger partial charge in [-0.05, 0) is 43.2 Å². The van der Waals surface area contributed by atoms with Crippen LogP contribution in [0.3, 0.4) is 0 Å². The third kappa shape index (κ3) is 2.62. The van der Waals surface area contributed by atoms with Crippen molar-refractivity contribution in [3.8, 4) is 6.07 Å². The lowest BCUT2D eigenvalue weighted by atomic mass is 10.1. The highest BCUT2D eigenvalue weighted by Crippen LogP contribution is 2.20. The van der Waals surface area contributed by atoms with Crippen LogP contribution >= 0.6 is 0 Å². The van der Waals surface area contributed by atoms with Crippen LogP contribution in [-0.2, 0) is 0 Å². The molecule has 20 heavy (non-hydrogen) atoms. The molecular weight excluding hydrogens is 250 g/mol. The van der Waals surface area contributed by atoms with Crippen LogP contribution in [-0.4, -0.2) is 5.91 Å². The Kier molecular flexibility index (Phi) is 3.72. The molecule has 0 fully saturated rings. The van der Waals surface area contributed by atoms with E-state index in [4.69, 9.17) is 11.0 Å². The van der Waals surface area contributed by atoms with Crippen LogP contribution in [0.5, 0.6) is 0 Å². The summed E-state index contributed by atoms with van der Waals surface area (Å²) in [5.74, 6) is -0.267. The summed E-state index contributed by atoms with van der Waals surface area (Å²) in [6.45, 7) is 3.68. The number of rotatable bonds is 2. The zero-order valence-corrected chi connectivity index (χ0v) is 11.4. The van der Waals surface area contributed by atoms with Crippen LogP contribution in [0.25, 0.3) is 0 Å². The number of hydrogen-bond donors (Lipinski definition) is 2. The fourth-order valence-electron chi connectivity index (χ4n) is 1.99. The SMILES string of the molecule is Cc1ccc(N)cc1C(=O)Nc1cccc(C)c1C#N. The number of nitriles is 1. The highest BCUT2D eigenvalue weighted by molar-refractivity contribution is 6.06. The van der Waals surface area contributed by atoms with E-state index < -0.39 is 0 Å². The molecule has 2 aromatic rings. The minimum absolute atomic E-state index is 0.267. The fourth-order valence-corrected chi connectivity index (χ4v) is 1.99. The molecule has 4 heteroatoms. The van der Waals surface area contributed by atoms with Crippen LogP contribution in [0.1, 0.15) is 27.0 Å². The van der Waals surface area contributed by atoms with Gasteiger partial charge in [-0.2, -0.15) is 5.26 Å². The van der Waals surface area contributed by atoms with Crippen molar-refractivity contribution in [2.75, 3.05) is 11.1 Å². The number of carbonyl (C=O) groups is 1. The van der Waals surface area contributed by atoms with Crippen LogP contribution in [0.4, 0.5) is 11.4 Å². The van der Waals surface area contributed by atoms with E-state index >= 15 is 0 Å². The third-order valence-electron chi connectivity index (χ3n) is 3.14. The van der Waals surface area contributed by atoms with Crippen LogP contribution in [0, 0.1) is 25.2 Å². The Morgan fingerprint density at radius 1 is 1.20 bits per heavy atom. The molecule has 4 nitrogen and oxygen atoms in total. The molecule has 2 rings (SSSR count). The van der Waals surface area contributed by atoms with E-state index in [-0.39, 0.29) is 5.91 Å². The Morgan fingerprint density at radius 3 is 2.65 bits per heavy atom. The summed E-state index contributed by atoms with van der Waals surface area (Å²) in [5, 5.41) is 11.9. The molecule has 0 heterocycles. The van der Waals surface area contributed by atoms with Crippen molar-refractivity contribution in [2.24, 2.45) is 0 Å². The lowest BCUT2D eigenvalue weighted by molar-refractivity contribution is 0.102. The van der Waals surface area contributed by atoms with Gasteiger partial charge in [-0.25, -0.2) is 0 Å². The molecule has 0 radical (unpaired) electrons. The van der Waals surface area contributed by atoms with E-state index in [2.05, 4.69) is 11.4 Å². The van der Waals surface area contributed by atoms with Crippen molar-refractivity contribution in [1.29, 1.82) is 5.26 Å². The quantitative estimate of drug-likeness (QED) is 0.819. The third-order valence-corrected chi connectivity index (χ3v) is 3.14. The van der Waals surface area contributed by atoms with Gasteiger partial charge >= 0.3 is 0 Å². The van der Waals surface area contributed by atoms with E-state index in [1.54, 1.807) is 30.3 Å². The Balaban J connectivity index is 2.36. The number of amides is 1. The zero-order chi connectivity index (χ0) is 14.7. The first-order valence-electron chi connectivity index (χ1n) is 6.20. The molecule has 0 bridgehead atoms. The summed E-state index contributed by atoms with van der Waals surface area (Å²) in [7, 11) is 0. The first kappa shape index (κ1) is 13.6. The lowest BCUT2D eigenvalue weighted by Crippen LogP contribution is -2.15. The minimum Gasteiger partial charge on any atom is -0.399 e. The number of nitrogens with one attached hydrogen (secondary N) is 1. The van der Waals surface area contributed by atoms with Gasteiger partial charge in [-0.3, -0.25) is 4.79 Å². The molecule has 0 saturated carbocycles. The summed E-state index contributed by atoms with van der Waals surface area (Å²) < 4.78 is 0. The predicted molar refractivity (Wildman–Crippen MR) is 79.4 cm³/mol. The van der Waals surface area contributed by atoms with E-state index in [9.17, 15) is 4.79 Å². The topological polar surface area (TPSA) is 78.9 Å². The Hall–Kier alpha value is -2.80. The predicted octanol–water partition coefficient (Wildman–Crippen LogP) is 3.01. The maximum absolute atomic E-state index is 12.3. The van der Waals surface area contributed by atoms with Crippen LogP contribution in [0.15, 0.2) is 36.4 Å². The molecule has 2 aromatic carbocycles. The summed E-state index contributed by atoms with van der Waals surface area (Å²) in [6, 6.07) is 12.6. The maximum atomic E-state index is 12.3. The number of anilines is 2. The molecule has 0 spiro atoms. The molecule has 0 atom stereocenters. The Bertz CT molecular complexity index is 714. The summed E-state index contributed by atoms with van der Waals surface area (Å²) in [6.07, 6.45) is 0. The van der Waals surface area contributed by atoms with Crippen molar-refractivity contribution in [1.82, 2.24) is 0 Å². The van der Waals surface area contributed by atoms with Gasteiger partial charge in [0.05, 0.1) is 11.3 Å². The lowest BCUT2D eigenvalue weighted by Gasteiger charge is -2.10. The van der Waals surface area contributed by atoms with Gasteiger partial charge in [0, 0.05) is 11.3 Å². The van der Waals surface area contributed by atoms with Crippen molar-refractivity contribution >= 4 is 17.3 Å². The summed E-state index contributed by atoms with van der Waals surface area (Å²) in [4.78, 5) is 12.3. The highest BCUT2D eigenvalue weighted by Gasteiger charge is 2.12. The second-order valence-corrected chi connectivity index (χ2v) is 4.64. The molecule has 1 amide bonds. The van der Waals surface area contributed by atoms with Crippen molar-refractivity contribution < 1.29 is 4.79 Å². The zero-order valence-electron chi connectivity index (χ0n) is 11.4. The largest absolute Gasteiger partial charge is 0.399 e. The smallest absolute Gasteiger partial charge is 0.256 e. The van der Waals surface area contributed by atoms with E-state index in [1.807, 2.05) is 19.9 Å². The van der Waals surface area contributed by atoms with Gasteiger partial charge in [-0.1, -0.05) is 18.2 Å². The normalized spacial score (nSPS) is 9.85. The molecule has 3 N–H and O–H groups in total. The first-order valence-corrected chi connectivity index (χ1v) is 6.20. The van der Waals surface area contributed by atoms with E-state index in [0.717, 1.165) is 11.1 Å². The van der Waals surface area contributed by atoms with E-state index in [0.29, 0.717) is 22.5 Å². The molecule has 0 saturated heterocycles. The van der Waals surface area contributed by atoms with Crippen molar-refractivity contribution in [2.45, 2.75) is 13.8 Å². The van der Waals surface area contributed by atoms with Gasteiger partial charge in [0.2, 0.25) is 0 Å². The number of nitrogens with zero attached hydrogens (tertiary/aromatic N) is 1. The second-order valence-electron chi connectivity index (χ2n) is 4.64. The highest BCUT2D eigenvalue weighted by atomic mass is 16.1. The molecule has 0 aliphatic carbocycles. The van der Waals surface area contributed by atoms with E-state index in [1.165, 1.54) is 0 Å². The molecule has 100 valence electrons. The van der Waals surface area contributed by atoms with Crippen molar-refractivity contribution in [3.63, 3.8) is 0 Å². The Labute approximate surface area is 117 Å². The number of hydrogen-bond acceptors (Lipinski definition) is 3. The number of nitrogen functional groups attached to an aromatic ring is 1. The minimum atomic E-state index is -0.267. The van der Waals surface area contributed by atoms with Gasteiger partial charge in [0.1, 0.15) is 6.07 Å². The molecule has 0 aliphatic rings. The second kappa shape index (κ2) is 5.45. The molecule has 0 aliphatic heterocycles. The summed E-state index contributed by atoms with van der Waals surface area (Å²) in [5.41, 5.74) is 9.40. The van der Waals surface area contributed by atoms with Gasteiger partial charge in [0.25, 0.3) is 5.91 Å². The fraction of sp³-hybridized carbons (Fsp3) is 0.125. The standard InChI is InChI=1S/C16H15N3O/c1-10-4-3-5-15(14(10)9-17)19-16(20)13-8-12(18)7-6-11(13)2/h3-8H,18H2,1-2H3,(H,19,20). The van der Waals surface area contributed by atoms with Gasteiger partial charge in [0.15, 0.2) is 0 Å². The number of benzene rings is 2. The van der Waals surface area contributed by atoms with Gasteiger partial charge in [-0.15, -0.1) is 0 Å².